The van der Waals surface area contributed by atoms with E-state index in [0.29, 0.717) is 41.5 Å². The Morgan fingerprint density at radius 2 is 1.85 bits per heavy atom. The van der Waals surface area contributed by atoms with Gasteiger partial charge in [-0.25, -0.2) is 0 Å². The predicted octanol–water partition coefficient (Wildman–Crippen LogP) is 3.03. The van der Waals surface area contributed by atoms with Crippen molar-refractivity contribution in [1.82, 2.24) is 15.5 Å². The number of aromatic nitrogens is 2. The molecule has 0 saturated heterocycles. The second-order valence-electron chi connectivity index (χ2n) is 5.90. The molecule has 0 atom stereocenters. The first-order chi connectivity index (χ1) is 13.1. The van der Waals surface area contributed by atoms with E-state index in [2.05, 4.69) is 15.5 Å². The molecule has 3 aromatic rings. The third-order valence-electron chi connectivity index (χ3n) is 4.18. The fourth-order valence-electron chi connectivity index (χ4n) is 2.78. The van der Waals surface area contributed by atoms with Gasteiger partial charge >= 0.3 is 0 Å². The minimum Gasteiger partial charge on any atom is -0.493 e. The van der Waals surface area contributed by atoms with Gasteiger partial charge in [-0.15, -0.1) is 0 Å². The molecule has 0 aliphatic carbocycles. The van der Waals surface area contributed by atoms with Gasteiger partial charge < -0.3 is 19.3 Å². The number of pyridine rings is 1. The van der Waals surface area contributed by atoms with E-state index in [1.807, 2.05) is 18.2 Å². The molecule has 2 heterocycles. The number of hydrogen-bond acceptors (Lipinski definition) is 6. The van der Waals surface area contributed by atoms with Crippen molar-refractivity contribution in [3.8, 4) is 22.8 Å². The molecule has 1 aromatic carbocycles. The first-order valence-corrected chi connectivity index (χ1v) is 8.49. The third kappa shape index (κ3) is 4.08. The van der Waals surface area contributed by atoms with Crippen molar-refractivity contribution in [3.05, 3.63) is 59.5 Å². The Labute approximate surface area is 157 Å². The SMILES string of the molecule is COc1ccc(CCNC(=O)c2c(C)noc2-c2ccncc2)cc1OC. The number of aryl methyl sites for hydroxylation is 1. The summed E-state index contributed by atoms with van der Waals surface area (Å²) in [5, 5.41) is 6.86. The Kier molecular flexibility index (Phi) is 5.71. The summed E-state index contributed by atoms with van der Waals surface area (Å²) in [4.78, 5) is 16.6. The number of carbonyl (C=O) groups is 1. The smallest absolute Gasteiger partial charge is 0.257 e. The summed E-state index contributed by atoms with van der Waals surface area (Å²) in [6.45, 7) is 2.21. The lowest BCUT2D eigenvalue weighted by Gasteiger charge is -2.10. The second-order valence-corrected chi connectivity index (χ2v) is 5.90. The number of nitrogens with one attached hydrogen (secondary N) is 1. The summed E-state index contributed by atoms with van der Waals surface area (Å²) in [5.74, 6) is 1.56. The molecule has 140 valence electrons. The van der Waals surface area contributed by atoms with Gasteiger partial charge in [-0.3, -0.25) is 9.78 Å². The zero-order chi connectivity index (χ0) is 19.2. The number of amides is 1. The van der Waals surface area contributed by atoms with Crippen molar-refractivity contribution in [2.24, 2.45) is 0 Å². The Morgan fingerprint density at radius 1 is 1.11 bits per heavy atom. The number of nitrogens with zero attached hydrogens (tertiary/aromatic N) is 2. The maximum absolute atomic E-state index is 12.7. The standard InChI is InChI=1S/C20H21N3O4/c1-13-18(19(27-23-13)15-7-9-21-10-8-15)20(24)22-11-6-14-4-5-16(25-2)17(12-14)26-3/h4-5,7-10,12H,6,11H2,1-3H3,(H,22,24). The molecule has 0 saturated carbocycles. The first-order valence-electron chi connectivity index (χ1n) is 8.49. The highest BCUT2D eigenvalue weighted by atomic mass is 16.5. The van der Waals surface area contributed by atoms with Gasteiger partial charge in [0.25, 0.3) is 5.91 Å². The second kappa shape index (κ2) is 8.35. The summed E-state index contributed by atoms with van der Waals surface area (Å²) in [7, 11) is 3.19. The topological polar surface area (TPSA) is 86.5 Å². The molecule has 7 nitrogen and oxygen atoms in total. The molecule has 27 heavy (non-hydrogen) atoms. The van der Waals surface area contributed by atoms with Crippen LogP contribution in [0.25, 0.3) is 11.3 Å². The Hall–Kier alpha value is -3.35. The van der Waals surface area contributed by atoms with E-state index >= 15 is 0 Å². The zero-order valence-electron chi connectivity index (χ0n) is 15.5. The van der Waals surface area contributed by atoms with E-state index < -0.39 is 0 Å². The number of ether oxygens (including phenoxy) is 2. The number of hydrogen-bond donors (Lipinski definition) is 1. The third-order valence-corrected chi connectivity index (χ3v) is 4.18. The van der Waals surface area contributed by atoms with Gasteiger partial charge in [0.15, 0.2) is 17.3 Å². The van der Waals surface area contributed by atoms with Crippen molar-refractivity contribution in [2.45, 2.75) is 13.3 Å². The average molecular weight is 367 g/mol. The van der Waals surface area contributed by atoms with E-state index in [4.69, 9.17) is 14.0 Å². The summed E-state index contributed by atoms with van der Waals surface area (Å²) < 4.78 is 15.9. The molecule has 0 fully saturated rings. The predicted molar refractivity (Wildman–Crippen MR) is 100 cm³/mol. The van der Waals surface area contributed by atoms with Crippen molar-refractivity contribution in [2.75, 3.05) is 20.8 Å². The normalized spacial score (nSPS) is 10.5. The van der Waals surface area contributed by atoms with Gasteiger partial charge in [-0.05, 0) is 43.2 Å². The zero-order valence-corrected chi connectivity index (χ0v) is 15.5. The number of rotatable bonds is 7. The Balaban J connectivity index is 1.68. The summed E-state index contributed by atoms with van der Waals surface area (Å²) in [5.41, 5.74) is 2.78. The van der Waals surface area contributed by atoms with Crippen LogP contribution in [0.2, 0.25) is 0 Å². The van der Waals surface area contributed by atoms with Gasteiger partial charge in [0, 0.05) is 24.5 Å². The first kappa shape index (κ1) is 18.4. The summed E-state index contributed by atoms with van der Waals surface area (Å²) in [6.07, 6.45) is 3.94. The molecule has 0 spiro atoms. The molecule has 1 N–H and O–H groups in total. The van der Waals surface area contributed by atoms with Gasteiger partial charge in [0.05, 0.1) is 19.9 Å². The molecule has 0 aliphatic rings. The number of benzene rings is 1. The molecule has 2 aromatic heterocycles. The maximum Gasteiger partial charge on any atom is 0.257 e. The molecular formula is C20H21N3O4. The number of methoxy groups -OCH3 is 2. The molecule has 0 unspecified atom stereocenters. The van der Waals surface area contributed by atoms with Crippen molar-refractivity contribution >= 4 is 5.91 Å². The van der Waals surface area contributed by atoms with Gasteiger partial charge in [-0.2, -0.15) is 0 Å². The van der Waals surface area contributed by atoms with Crippen molar-refractivity contribution < 1.29 is 18.8 Å². The van der Waals surface area contributed by atoms with Crippen LogP contribution in [0.3, 0.4) is 0 Å². The Morgan fingerprint density at radius 3 is 2.56 bits per heavy atom. The highest BCUT2D eigenvalue weighted by Gasteiger charge is 2.21. The molecule has 1 amide bonds. The molecule has 0 bridgehead atoms. The van der Waals surface area contributed by atoms with Crippen LogP contribution in [0, 0.1) is 6.92 Å². The molecule has 0 radical (unpaired) electrons. The monoisotopic (exact) mass is 367 g/mol. The lowest BCUT2D eigenvalue weighted by atomic mass is 10.1. The van der Waals surface area contributed by atoms with E-state index in [1.165, 1.54) is 0 Å². The quantitative estimate of drug-likeness (QED) is 0.691. The van der Waals surface area contributed by atoms with E-state index in [0.717, 1.165) is 11.1 Å². The van der Waals surface area contributed by atoms with Crippen molar-refractivity contribution in [3.63, 3.8) is 0 Å². The van der Waals surface area contributed by atoms with Crippen LogP contribution in [-0.4, -0.2) is 36.8 Å². The largest absolute Gasteiger partial charge is 0.493 e. The van der Waals surface area contributed by atoms with Gasteiger partial charge in [-0.1, -0.05) is 11.2 Å². The maximum atomic E-state index is 12.7. The molecule has 7 heteroatoms. The lowest BCUT2D eigenvalue weighted by molar-refractivity contribution is 0.0954. The summed E-state index contributed by atoms with van der Waals surface area (Å²) in [6, 6.07) is 9.25. The minimum absolute atomic E-state index is 0.221. The van der Waals surface area contributed by atoms with E-state index in [9.17, 15) is 4.79 Å². The van der Waals surface area contributed by atoms with Crippen LogP contribution in [0.1, 0.15) is 21.6 Å². The molecule has 3 rings (SSSR count). The van der Waals surface area contributed by atoms with Crippen LogP contribution in [-0.2, 0) is 6.42 Å². The van der Waals surface area contributed by atoms with Gasteiger partial charge in [0.1, 0.15) is 5.56 Å². The average Bonchev–Trinajstić information content (AvgIpc) is 3.10. The Bertz CT molecular complexity index is 922. The van der Waals surface area contributed by atoms with E-state index in [1.54, 1.807) is 45.7 Å². The summed E-state index contributed by atoms with van der Waals surface area (Å²) >= 11 is 0. The highest BCUT2D eigenvalue weighted by Crippen LogP contribution is 2.28. The van der Waals surface area contributed by atoms with Crippen LogP contribution < -0.4 is 14.8 Å². The van der Waals surface area contributed by atoms with Crippen LogP contribution in [0.5, 0.6) is 11.5 Å². The van der Waals surface area contributed by atoms with Crippen molar-refractivity contribution in [1.29, 1.82) is 0 Å². The highest BCUT2D eigenvalue weighted by molar-refractivity contribution is 6.00. The fourth-order valence-corrected chi connectivity index (χ4v) is 2.78. The molecular weight excluding hydrogens is 346 g/mol. The minimum atomic E-state index is -0.221. The number of carbonyl (C=O) groups excluding carboxylic acids is 1. The van der Waals surface area contributed by atoms with Crippen LogP contribution >= 0.6 is 0 Å². The van der Waals surface area contributed by atoms with Gasteiger partial charge in [0.2, 0.25) is 0 Å². The van der Waals surface area contributed by atoms with E-state index in [-0.39, 0.29) is 5.91 Å². The van der Waals surface area contributed by atoms with Crippen LogP contribution in [0.15, 0.2) is 47.2 Å². The fraction of sp³-hybridized carbons (Fsp3) is 0.250. The lowest BCUT2D eigenvalue weighted by Crippen LogP contribution is -2.26. The van der Waals surface area contributed by atoms with Crippen LogP contribution in [0.4, 0.5) is 0 Å². The molecule has 0 aliphatic heterocycles.